The summed E-state index contributed by atoms with van der Waals surface area (Å²) in [7, 11) is 0. The van der Waals surface area contributed by atoms with E-state index in [0.29, 0.717) is 10.0 Å². The maximum absolute atomic E-state index is 12.4. The van der Waals surface area contributed by atoms with Crippen molar-refractivity contribution in [2.75, 3.05) is 0 Å². The van der Waals surface area contributed by atoms with Gasteiger partial charge in [-0.3, -0.25) is 0 Å². The summed E-state index contributed by atoms with van der Waals surface area (Å²) < 4.78 is 37.8. The standard InChI is InChI=1S/C11H10BrF3O/c1-6(2)10(16)8-5-7(11(13,14)15)3-4-9(8)12/h3-5,10,16H,1H2,2H3. The van der Waals surface area contributed by atoms with E-state index in [2.05, 4.69) is 22.5 Å². The molecule has 0 saturated heterocycles. The second-order valence-corrected chi connectivity index (χ2v) is 4.34. The third kappa shape index (κ3) is 2.86. The zero-order chi connectivity index (χ0) is 12.5. The molecule has 16 heavy (non-hydrogen) atoms. The van der Waals surface area contributed by atoms with Gasteiger partial charge in [-0.25, -0.2) is 0 Å². The number of alkyl halides is 3. The van der Waals surface area contributed by atoms with E-state index >= 15 is 0 Å². The Labute approximate surface area is 99.7 Å². The molecule has 1 unspecified atom stereocenters. The first-order valence-corrected chi connectivity index (χ1v) is 5.23. The van der Waals surface area contributed by atoms with Gasteiger partial charge in [0.15, 0.2) is 0 Å². The minimum atomic E-state index is -4.41. The Kier molecular flexibility index (Phi) is 3.80. The molecular formula is C11H10BrF3O. The molecule has 0 fully saturated rings. The lowest BCUT2D eigenvalue weighted by Crippen LogP contribution is -2.07. The second-order valence-electron chi connectivity index (χ2n) is 3.48. The number of hydrogen-bond donors (Lipinski definition) is 1. The monoisotopic (exact) mass is 294 g/mol. The maximum atomic E-state index is 12.4. The Hall–Kier alpha value is -0.810. The number of aliphatic hydroxyl groups excluding tert-OH is 1. The first kappa shape index (κ1) is 13.3. The molecule has 0 aliphatic rings. The van der Waals surface area contributed by atoms with E-state index in [0.717, 1.165) is 12.1 Å². The van der Waals surface area contributed by atoms with Gasteiger partial charge in [-0.2, -0.15) is 13.2 Å². The zero-order valence-corrected chi connectivity index (χ0v) is 10.1. The first-order chi connectivity index (χ1) is 7.23. The van der Waals surface area contributed by atoms with Crippen LogP contribution in [0, 0.1) is 0 Å². The largest absolute Gasteiger partial charge is 0.416 e. The summed E-state index contributed by atoms with van der Waals surface area (Å²) in [4.78, 5) is 0. The van der Waals surface area contributed by atoms with Crippen LogP contribution in [-0.4, -0.2) is 5.11 Å². The van der Waals surface area contributed by atoms with Gasteiger partial charge in [0, 0.05) is 4.47 Å². The average molecular weight is 295 g/mol. The lowest BCUT2D eigenvalue weighted by Gasteiger charge is -2.15. The van der Waals surface area contributed by atoms with Crippen LogP contribution in [0.2, 0.25) is 0 Å². The molecule has 0 aliphatic heterocycles. The molecule has 5 heteroatoms. The van der Waals surface area contributed by atoms with Crippen molar-refractivity contribution in [2.45, 2.75) is 19.2 Å². The van der Waals surface area contributed by atoms with Crippen LogP contribution in [0.4, 0.5) is 13.2 Å². The van der Waals surface area contributed by atoms with Crippen molar-refractivity contribution in [2.24, 2.45) is 0 Å². The van der Waals surface area contributed by atoms with Gasteiger partial charge in [-0.05, 0) is 36.3 Å². The smallest absolute Gasteiger partial charge is 0.384 e. The van der Waals surface area contributed by atoms with E-state index in [1.165, 1.54) is 6.07 Å². The molecule has 0 amide bonds. The van der Waals surface area contributed by atoms with E-state index in [4.69, 9.17) is 0 Å². The molecule has 1 aromatic rings. The van der Waals surface area contributed by atoms with E-state index < -0.39 is 17.8 Å². The van der Waals surface area contributed by atoms with Crippen molar-refractivity contribution in [3.8, 4) is 0 Å². The highest BCUT2D eigenvalue weighted by molar-refractivity contribution is 9.10. The van der Waals surface area contributed by atoms with Gasteiger partial charge < -0.3 is 5.11 Å². The number of benzene rings is 1. The predicted molar refractivity (Wildman–Crippen MR) is 58.9 cm³/mol. The summed E-state index contributed by atoms with van der Waals surface area (Å²) in [6.07, 6.45) is -5.51. The Morgan fingerprint density at radius 3 is 2.44 bits per heavy atom. The fourth-order valence-electron chi connectivity index (χ4n) is 1.20. The van der Waals surface area contributed by atoms with Crippen molar-refractivity contribution in [3.05, 3.63) is 46.0 Å². The SMILES string of the molecule is C=C(C)C(O)c1cc(C(F)(F)F)ccc1Br. The van der Waals surface area contributed by atoms with Gasteiger partial charge in [0.1, 0.15) is 6.10 Å². The van der Waals surface area contributed by atoms with Crippen molar-refractivity contribution in [1.82, 2.24) is 0 Å². The maximum Gasteiger partial charge on any atom is 0.416 e. The molecule has 0 bridgehead atoms. The molecule has 0 aromatic heterocycles. The van der Waals surface area contributed by atoms with Crippen LogP contribution >= 0.6 is 15.9 Å². The van der Waals surface area contributed by atoms with Crippen molar-refractivity contribution in [1.29, 1.82) is 0 Å². The number of hydrogen-bond acceptors (Lipinski definition) is 1. The van der Waals surface area contributed by atoms with E-state index in [-0.39, 0.29) is 5.56 Å². The fourth-order valence-corrected chi connectivity index (χ4v) is 1.66. The third-order valence-corrected chi connectivity index (χ3v) is 2.81. The van der Waals surface area contributed by atoms with Gasteiger partial charge in [-0.1, -0.05) is 22.5 Å². The van der Waals surface area contributed by atoms with Crippen LogP contribution < -0.4 is 0 Å². The molecule has 0 heterocycles. The summed E-state index contributed by atoms with van der Waals surface area (Å²) in [5, 5.41) is 9.67. The quantitative estimate of drug-likeness (QED) is 0.815. The van der Waals surface area contributed by atoms with Crippen molar-refractivity contribution < 1.29 is 18.3 Å². The molecule has 0 saturated carbocycles. The topological polar surface area (TPSA) is 20.2 Å². The van der Waals surface area contributed by atoms with Crippen LogP contribution in [0.3, 0.4) is 0 Å². The van der Waals surface area contributed by atoms with Gasteiger partial charge in [0.25, 0.3) is 0 Å². The molecule has 0 radical (unpaired) electrons. The lowest BCUT2D eigenvalue weighted by atomic mass is 10.0. The van der Waals surface area contributed by atoms with Crippen LogP contribution in [0.1, 0.15) is 24.2 Å². The highest BCUT2D eigenvalue weighted by atomic mass is 79.9. The molecule has 0 aliphatic carbocycles. The van der Waals surface area contributed by atoms with Crippen molar-refractivity contribution in [3.63, 3.8) is 0 Å². The van der Waals surface area contributed by atoms with Gasteiger partial charge >= 0.3 is 6.18 Å². The summed E-state index contributed by atoms with van der Waals surface area (Å²) in [6.45, 7) is 5.07. The van der Waals surface area contributed by atoms with Gasteiger partial charge in [0.2, 0.25) is 0 Å². The van der Waals surface area contributed by atoms with E-state index in [9.17, 15) is 18.3 Å². The first-order valence-electron chi connectivity index (χ1n) is 4.43. The summed E-state index contributed by atoms with van der Waals surface area (Å²) in [6, 6.07) is 3.15. The average Bonchev–Trinajstić information content (AvgIpc) is 2.15. The Morgan fingerprint density at radius 2 is 2.00 bits per heavy atom. The lowest BCUT2D eigenvalue weighted by molar-refractivity contribution is -0.137. The Morgan fingerprint density at radius 1 is 1.44 bits per heavy atom. The minimum absolute atomic E-state index is 0.169. The van der Waals surface area contributed by atoms with Crippen molar-refractivity contribution >= 4 is 15.9 Å². The predicted octanol–water partition coefficient (Wildman–Crippen LogP) is 4.08. The minimum Gasteiger partial charge on any atom is -0.384 e. The molecule has 1 aromatic carbocycles. The van der Waals surface area contributed by atoms with Crippen LogP contribution in [0.5, 0.6) is 0 Å². The van der Waals surface area contributed by atoms with E-state index in [1.807, 2.05) is 0 Å². The summed E-state index contributed by atoms with van der Waals surface area (Å²) >= 11 is 3.10. The molecule has 88 valence electrons. The Bertz CT molecular complexity index is 412. The third-order valence-electron chi connectivity index (χ3n) is 2.08. The molecule has 1 atom stereocenters. The number of halogens is 4. The molecule has 0 spiro atoms. The normalized spacial score (nSPS) is 13.6. The summed E-state index contributed by atoms with van der Waals surface area (Å²) in [5.74, 6) is 0. The fraction of sp³-hybridized carbons (Fsp3) is 0.273. The van der Waals surface area contributed by atoms with Gasteiger partial charge in [0.05, 0.1) is 5.56 Å². The van der Waals surface area contributed by atoms with Crippen LogP contribution in [-0.2, 0) is 6.18 Å². The molecular weight excluding hydrogens is 285 g/mol. The highest BCUT2D eigenvalue weighted by Gasteiger charge is 2.31. The van der Waals surface area contributed by atoms with E-state index in [1.54, 1.807) is 6.92 Å². The van der Waals surface area contributed by atoms with Crippen LogP contribution in [0.15, 0.2) is 34.8 Å². The molecule has 1 rings (SSSR count). The van der Waals surface area contributed by atoms with Crippen LogP contribution in [0.25, 0.3) is 0 Å². The summed E-state index contributed by atoms with van der Waals surface area (Å²) in [5.41, 5.74) is -0.228. The Balaban J connectivity index is 3.24. The zero-order valence-electron chi connectivity index (χ0n) is 8.48. The number of aliphatic hydroxyl groups is 1. The molecule has 1 nitrogen and oxygen atoms in total. The molecule has 1 N–H and O–H groups in total. The number of rotatable bonds is 2. The van der Waals surface area contributed by atoms with Gasteiger partial charge in [-0.15, -0.1) is 0 Å². The second kappa shape index (κ2) is 4.59. The highest BCUT2D eigenvalue weighted by Crippen LogP contribution is 2.35.